The van der Waals surface area contributed by atoms with Gasteiger partial charge < -0.3 is 24.6 Å². The van der Waals surface area contributed by atoms with Gasteiger partial charge >= 0.3 is 0 Å². The molecule has 0 unspecified atom stereocenters. The Balaban J connectivity index is 1.95. The first-order chi connectivity index (χ1) is 14.0. The van der Waals surface area contributed by atoms with Gasteiger partial charge in [0.25, 0.3) is 0 Å². The van der Waals surface area contributed by atoms with Gasteiger partial charge in [0.15, 0.2) is 11.5 Å². The molecule has 3 aromatic carbocycles. The predicted octanol–water partition coefficient (Wildman–Crippen LogP) is 4.95. The predicted molar refractivity (Wildman–Crippen MR) is 114 cm³/mol. The van der Waals surface area contributed by atoms with Gasteiger partial charge in [-0.05, 0) is 47.0 Å². The van der Waals surface area contributed by atoms with Gasteiger partial charge in [0.1, 0.15) is 11.5 Å². The van der Waals surface area contributed by atoms with Crippen LogP contribution in [0, 0.1) is 0 Å². The number of phenols is 1. The van der Waals surface area contributed by atoms with Crippen LogP contribution in [0.2, 0.25) is 5.02 Å². The molecular formula is C23H24ClNO4. The minimum atomic E-state index is -0.129. The minimum absolute atomic E-state index is 0.0124. The van der Waals surface area contributed by atoms with E-state index in [0.717, 1.165) is 28.2 Å². The summed E-state index contributed by atoms with van der Waals surface area (Å²) in [7, 11) is 4.81. The van der Waals surface area contributed by atoms with Crippen molar-refractivity contribution in [1.29, 1.82) is 0 Å². The highest BCUT2D eigenvalue weighted by molar-refractivity contribution is 6.31. The van der Waals surface area contributed by atoms with E-state index in [-0.39, 0.29) is 11.8 Å². The van der Waals surface area contributed by atoms with E-state index in [4.69, 9.17) is 25.8 Å². The SMILES string of the molecule is COc1cccc(C(NCc2cc(OC)c(O)cc2Cl)c2cccc(OC)c2)c1. The Bertz CT molecular complexity index is 929. The molecule has 0 fully saturated rings. The number of phenolic OH excluding ortho intramolecular Hbond substituents is 1. The molecule has 0 aliphatic carbocycles. The fourth-order valence-corrected chi connectivity index (χ4v) is 3.39. The lowest BCUT2D eigenvalue weighted by Crippen LogP contribution is -2.22. The normalized spacial score (nSPS) is 10.8. The van der Waals surface area contributed by atoms with Crippen molar-refractivity contribution < 1.29 is 19.3 Å². The summed E-state index contributed by atoms with van der Waals surface area (Å²) in [4.78, 5) is 0. The van der Waals surface area contributed by atoms with E-state index in [9.17, 15) is 5.11 Å². The molecule has 3 rings (SSSR count). The van der Waals surface area contributed by atoms with Gasteiger partial charge in [-0.1, -0.05) is 35.9 Å². The summed E-state index contributed by atoms with van der Waals surface area (Å²) in [6.07, 6.45) is 0. The van der Waals surface area contributed by atoms with Crippen LogP contribution >= 0.6 is 11.6 Å². The van der Waals surface area contributed by atoms with Crippen LogP contribution < -0.4 is 19.5 Å². The monoisotopic (exact) mass is 413 g/mol. The molecule has 6 heteroatoms. The molecule has 29 heavy (non-hydrogen) atoms. The molecule has 0 aliphatic rings. The Hall–Kier alpha value is -2.89. The Morgan fingerprint density at radius 1 is 0.862 bits per heavy atom. The zero-order chi connectivity index (χ0) is 20.8. The molecule has 0 aliphatic heterocycles. The zero-order valence-corrected chi connectivity index (χ0v) is 17.4. The van der Waals surface area contributed by atoms with Gasteiger partial charge in [-0.3, -0.25) is 0 Å². The summed E-state index contributed by atoms with van der Waals surface area (Å²) in [6, 6.07) is 18.9. The average Bonchev–Trinajstić information content (AvgIpc) is 2.75. The third kappa shape index (κ3) is 4.94. The number of rotatable bonds is 8. The van der Waals surface area contributed by atoms with E-state index in [1.54, 1.807) is 20.3 Å². The highest BCUT2D eigenvalue weighted by Crippen LogP contribution is 2.33. The summed E-state index contributed by atoms with van der Waals surface area (Å²) in [5.74, 6) is 1.95. The summed E-state index contributed by atoms with van der Waals surface area (Å²) < 4.78 is 16.0. The molecule has 0 saturated carbocycles. The molecule has 0 heterocycles. The quantitative estimate of drug-likeness (QED) is 0.547. The Morgan fingerprint density at radius 3 is 1.97 bits per heavy atom. The number of hydrogen-bond donors (Lipinski definition) is 2. The number of ether oxygens (including phenoxy) is 3. The molecule has 3 aromatic rings. The Morgan fingerprint density at radius 2 is 1.45 bits per heavy atom. The Kier molecular flexibility index (Phi) is 6.86. The molecule has 5 nitrogen and oxygen atoms in total. The molecular weight excluding hydrogens is 390 g/mol. The third-order valence-corrected chi connectivity index (χ3v) is 5.05. The van der Waals surface area contributed by atoms with E-state index in [1.807, 2.05) is 48.5 Å². The van der Waals surface area contributed by atoms with Gasteiger partial charge in [0.05, 0.1) is 27.4 Å². The average molecular weight is 414 g/mol. The number of benzene rings is 3. The number of hydrogen-bond acceptors (Lipinski definition) is 5. The van der Waals surface area contributed by atoms with E-state index < -0.39 is 0 Å². The Labute approximate surface area is 175 Å². The van der Waals surface area contributed by atoms with Crippen LogP contribution in [-0.4, -0.2) is 26.4 Å². The van der Waals surface area contributed by atoms with E-state index >= 15 is 0 Å². The number of halogens is 1. The van der Waals surface area contributed by atoms with Gasteiger partial charge in [-0.25, -0.2) is 0 Å². The fourth-order valence-electron chi connectivity index (χ4n) is 3.17. The van der Waals surface area contributed by atoms with Gasteiger partial charge in [0.2, 0.25) is 0 Å². The van der Waals surface area contributed by atoms with Crippen molar-refractivity contribution >= 4 is 11.6 Å². The van der Waals surface area contributed by atoms with Crippen molar-refractivity contribution in [2.45, 2.75) is 12.6 Å². The maximum absolute atomic E-state index is 9.91. The molecule has 0 atom stereocenters. The zero-order valence-electron chi connectivity index (χ0n) is 16.6. The lowest BCUT2D eigenvalue weighted by Gasteiger charge is -2.22. The molecule has 0 bridgehead atoms. The highest BCUT2D eigenvalue weighted by Gasteiger charge is 2.17. The first kappa shape index (κ1) is 20.8. The molecule has 0 spiro atoms. The molecule has 0 aromatic heterocycles. The lowest BCUT2D eigenvalue weighted by molar-refractivity contribution is 0.372. The lowest BCUT2D eigenvalue weighted by atomic mass is 9.97. The van der Waals surface area contributed by atoms with E-state index in [0.29, 0.717) is 17.3 Å². The van der Waals surface area contributed by atoms with E-state index in [1.165, 1.54) is 13.2 Å². The summed E-state index contributed by atoms with van der Waals surface area (Å²) in [5.41, 5.74) is 2.90. The van der Waals surface area contributed by atoms with Crippen LogP contribution in [-0.2, 0) is 6.54 Å². The largest absolute Gasteiger partial charge is 0.504 e. The fraction of sp³-hybridized carbons (Fsp3) is 0.217. The van der Waals surface area contributed by atoms with Crippen LogP contribution in [0.4, 0.5) is 0 Å². The minimum Gasteiger partial charge on any atom is -0.504 e. The number of aromatic hydroxyl groups is 1. The molecule has 0 radical (unpaired) electrons. The van der Waals surface area contributed by atoms with Gasteiger partial charge in [-0.2, -0.15) is 0 Å². The molecule has 0 saturated heterocycles. The highest BCUT2D eigenvalue weighted by atomic mass is 35.5. The van der Waals surface area contributed by atoms with Crippen molar-refractivity contribution in [3.63, 3.8) is 0 Å². The van der Waals surface area contributed by atoms with Crippen molar-refractivity contribution in [2.75, 3.05) is 21.3 Å². The van der Waals surface area contributed by atoms with Gasteiger partial charge in [-0.15, -0.1) is 0 Å². The summed E-state index contributed by atoms with van der Waals surface area (Å²) >= 11 is 6.33. The van der Waals surface area contributed by atoms with Crippen LogP contribution in [0.15, 0.2) is 60.7 Å². The van der Waals surface area contributed by atoms with Crippen molar-refractivity contribution in [2.24, 2.45) is 0 Å². The summed E-state index contributed by atoms with van der Waals surface area (Å²) in [6.45, 7) is 0.467. The standard InChI is InChI=1S/C23H24ClNO4/c1-27-18-8-4-6-15(10-18)23(16-7-5-9-19(11-16)28-2)25-14-17-12-22(29-3)21(26)13-20(17)24/h4-13,23,25-26H,14H2,1-3H3. The second-order valence-corrected chi connectivity index (χ2v) is 6.89. The van der Waals surface area contributed by atoms with Crippen molar-refractivity contribution in [1.82, 2.24) is 5.32 Å². The first-order valence-corrected chi connectivity index (χ1v) is 9.50. The maximum Gasteiger partial charge on any atom is 0.160 e. The van der Waals surface area contributed by atoms with Crippen molar-refractivity contribution in [3.8, 4) is 23.0 Å². The molecule has 2 N–H and O–H groups in total. The van der Waals surface area contributed by atoms with Crippen molar-refractivity contribution in [3.05, 3.63) is 82.4 Å². The molecule has 152 valence electrons. The third-order valence-electron chi connectivity index (χ3n) is 4.70. The second-order valence-electron chi connectivity index (χ2n) is 6.48. The first-order valence-electron chi connectivity index (χ1n) is 9.12. The van der Waals surface area contributed by atoms with Crippen LogP contribution in [0.1, 0.15) is 22.7 Å². The van der Waals surface area contributed by atoms with Crippen LogP contribution in [0.5, 0.6) is 23.0 Å². The topological polar surface area (TPSA) is 60.0 Å². The number of nitrogens with one attached hydrogen (secondary N) is 1. The summed E-state index contributed by atoms with van der Waals surface area (Å²) in [5, 5.41) is 13.9. The van der Waals surface area contributed by atoms with Crippen LogP contribution in [0.25, 0.3) is 0 Å². The maximum atomic E-state index is 9.91. The smallest absolute Gasteiger partial charge is 0.160 e. The second kappa shape index (κ2) is 9.54. The van der Waals surface area contributed by atoms with E-state index in [2.05, 4.69) is 5.32 Å². The number of methoxy groups -OCH3 is 3. The van der Waals surface area contributed by atoms with Gasteiger partial charge in [0, 0.05) is 17.6 Å². The molecule has 0 amide bonds. The van der Waals surface area contributed by atoms with Crippen LogP contribution in [0.3, 0.4) is 0 Å².